The predicted octanol–water partition coefficient (Wildman–Crippen LogP) is 3.28. The lowest BCUT2D eigenvalue weighted by atomic mass is 9.99. The van der Waals surface area contributed by atoms with E-state index in [1.165, 1.54) is 10.4 Å². The Hall–Kier alpha value is -2.20. The Morgan fingerprint density at radius 3 is 2.46 bits per heavy atom. The number of nitrogens with zero attached hydrogens (tertiary/aromatic N) is 3. The van der Waals surface area contributed by atoms with Crippen LogP contribution in [0, 0.1) is 12.8 Å². The van der Waals surface area contributed by atoms with Crippen molar-refractivity contribution in [3.8, 4) is 5.88 Å². The maximum atomic E-state index is 12.9. The van der Waals surface area contributed by atoms with Crippen molar-refractivity contribution in [3.63, 3.8) is 0 Å². The van der Waals surface area contributed by atoms with Crippen LogP contribution in [0.25, 0.3) is 0 Å². The van der Waals surface area contributed by atoms with Crippen molar-refractivity contribution < 1.29 is 26.3 Å². The normalized spacial score (nSPS) is 16.9. The molecule has 3 rings (SSSR count). The molecule has 6 nitrogen and oxygen atoms in total. The van der Waals surface area contributed by atoms with Gasteiger partial charge in [0.1, 0.15) is 0 Å². The number of sulfonamides is 1. The van der Waals surface area contributed by atoms with Crippen LogP contribution >= 0.6 is 0 Å². The van der Waals surface area contributed by atoms with E-state index in [0.717, 1.165) is 17.8 Å². The Labute approximate surface area is 161 Å². The molecule has 0 amide bonds. The summed E-state index contributed by atoms with van der Waals surface area (Å²) >= 11 is 0. The average molecular weight is 415 g/mol. The van der Waals surface area contributed by atoms with Crippen molar-refractivity contribution in [3.05, 3.63) is 47.7 Å². The van der Waals surface area contributed by atoms with Crippen molar-refractivity contribution >= 4 is 10.0 Å². The fraction of sp³-hybridized carbons (Fsp3) is 0.444. The van der Waals surface area contributed by atoms with Crippen molar-refractivity contribution in [2.24, 2.45) is 5.92 Å². The molecule has 0 saturated carbocycles. The number of alkyl halides is 3. The maximum absolute atomic E-state index is 12.9. The average Bonchev–Trinajstić information content (AvgIpc) is 2.67. The minimum absolute atomic E-state index is 0.135. The molecule has 1 saturated heterocycles. The highest BCUT2D eigenvalue weighted by atomic mass is 32.2. The van der Waals surface area contributed by atoms with E-state index in [1.54, 1.807) is 12.1 Å². The van der Waals surface area contributed by atoms with Gasteiger partial charge in [-0.3, -0.25) is 0 Å². The van der Waals surface area contributed by atoms with E-state index in [9.17, 15) is 21.6 Å². The van der Waals surface area contributed by atoms with Crippen LogP contribution in [0.1, 0.15) is 24.1 Å². The first-order chi connectivity index (χ1) is 13.2. The van der Waals surface area contributed by atoms with E-state index in [-0.39, 0.29) is 23.9 Å². The van der Waals surface area contributed by atoms with E-state index in [0.29, 0.717) is 31.4 Å². The summed E-state index contributed by atoms with van der Waals surface area (Å²) in [5.41, 5.74) is -0.198. The minimum atomic E-state index is -4.59. The van der Waals surface area contributed by atoms with Crippen LogP contribution in [0.3, 0.4) is 0 Å². The van der Waals surface area contributed by atoms with Gasteiger partial charge in [-0.1, -0.05) is 6.07 Å². The zero-order chi connectivity index (χ0) is 20.4. The quantitative estimate of drug-likeness (QED) is 0.749. The van der Waals surface area contributed by atoms with Gasteiger partial charge in [-0.2, -0.15) is 22.6 Å². The molecule has 0 bridgehead atoms. The molecule has 1 aliphatic rings. The van der Waals surface area contributed by atoms with Crippen LogP contribution in [-0.2, 0) is 16.2 Å². The smallest absolute Gasteiger partial charge is 0.416 e. The topological polar surface area (TPSA) is 72.4 Å². The molecular formula is C18H20F3N3O3S. The fourth-order valence-corrected chi connectivity index (χ4v) is 4.48. The molecule has 1 aliphatic heterocycles. The molecule has 10 heteroatoms. The number of aryl methyl sites for hydroxylation is 1. The highest BCUT2D eigenvalue weighted by Crippen LogP contribution is 2.32. The summed E-state index contributed by atoms with van der Waals surface area (Å²) < 4.78 is 70.8. The lowest BCUT2D eigenvalue weighted by Gasteiger charge is -2.31. The second kappa shape index (κ2) is 8.04. The summed E-state index contributed by atoms with van der Waals surface area (Å²) in [4.78, 5) is -0.341. The first-order valence-corrected chi connectivity index (χ1v) is 10.2. The molecule has 0 atom stereocenters. The molecule has 1 aromatic carbocycles. The number of hydrogen-bond donors (Lipinski definition) is 0. The second-order valence-electron chi connectivity index (χ2n) is 6.70. The zero-order valence-electron chi connectivity index (χ0n) is 15.2. The van der Waals surface area contributed by atoms with Gasteiger partial charge >= 0.3 is 6.18 Å². The third-order valence-corrected chi connectivity index (χ3v) is 6.51. The molecular weight excluding hydrogens is 395 g/mol. The first-order valence-electron chi connectivity index (χ1n) is 8.77. The molecule has 152 valence electrons. The molecule has 2 heterocycles. The summed E-state index contributed by atoms with van der Waals surface area (Å²) in [5.74, 6) is 0.542. The second-order valence-corrected chi connectivity index (χ2v) is 8.63. The number of rotatable bonds is 5. The molecule has 0 unspecified atom stereocenters. The maximum Gasteiger partial charge on any atom is 0.416 e. The standard InChI is InChI=1S/C18H20F3N3O3S/c1-13-5-6-17(23-22-13)27-12-14-7-9-24(10-8-14)28(25,26)16-4-2-3-15(11-16)18(19,20)21/h2-6,11,14H,7-10,12H2,1H3. The lowest BCUT2D eigenvalue weighted by Crippen LogP contribution is -2.39. The van der Waals surface area contributed by atoms with Crippen LogP contribution in [0.4, 0.5) is 13.2 Å². The minimum Gasteiger partial charge on any atom is -0.476 e. The number of ether oxygens (including phenoxy) is 1. The summed E-state index contributed by atoms with van der Waals surface area (Å²) in [6, 6.07) is 7.34. The lowest BCUT2D eigenvalue weighted by molar-refractivity contribution is -0.137. The van der Waals surface area contributed by atoms with Crippen molar-refractivity contribution in [2.45, 2.75) is 30.8 Å². The third-order valence-electron chi connectivity index (χ3n) is 4.61. The summed E-state index contributed by atoms with van der Waals surface area (Å²) in [6.45, 7) is 2.66. The zero-order valence-corrected chi connectivity index (χ0v) is 16.0. The van der Waals surface area contributed by atoms with Crippen LogP contribution < -0.4 is 4.74 Å². The van der Waals surface area contributed by atoms with E-state index in [4.69, 9.17) is 4.74 Å². The van der Waals surface area contributed by atoms with Crippen LogP contribution in [0.2, 0.25) is 0 Å². The van der Waals surface area contributed by atoms with E-state index < -0.39 is 21.8 Å². The van der Waals surface area contributed by atoms with Gasteiger partial charge in [0, 0.05) is 19.2 Å². The van der Waals surface area contributed by atoms with Gasteiger partial charge in [0.25, 0.3) is 0 Å². The largest absolute Gasteiger partial charge is 0.476 e. The molecule has 28 heavy (non-hydrogen) atoms. The third kappa shape index (κ3) is 4.79. The monoisotopic (exact) mass is 415 g/mol. The molecule has 0 radical (unpaired) electrons. The number of hydrogen-bond acceptors (Lipinski definition) is 5. The Bertz CT molecular complexity index is 910. The highest BCUT2D eigenvalue weighted by Gasteiger charge is 2.34. The number of aromatic nitrogens is 2. The van der Waals surface area contributed by atoms with Gasteiger partial charge in [-0.15, -0.1) is 5.10 Å². The van der Waals surface area contributed by atoms with Gasteiger partial charge in [0.2, 0.25) is 15.9 Å². The Balaban J connectivity index is 1.60. The van der Waals surface area contributed by atoms with Crippen LogP contribution in [0.5, 0.6) is 5.88 Å². The van der Waals surface area contributed by atoms with Gasteiger partial charge in [0.05, 0.1) is 22.8 Å². The van der Waals surface area contributed by atoms with E-state index in [2.05, 4.69) is 10.2 Å². The Kier molecular flexibility index (Phi) is 5.90. The number of benzene rings is 1. The summed E-state index contributed by atoms with van der Waals surface area (Å²) in [5, 5.41) is 7.82. The van der Waals surface area contributed by atoms with E-state index in [1.807, 2.05) is 6.92 Å². The number of halogens is 3. The fourth-order valence-electron chi connectivity index (χ4n) is 2.97. The SMILES string of the molecule is Cc1ccc(OCC2CCN(S(=O)(=O)c3cccc(C(F)(F)F)c3)CC2)nn1. The van der Waals surface area contributed by atoms with Gasteiger partial charge < -0.3 is 4.74 Å². The van der Waals surface area contributed by atoms with Gasteiger partial charge in [0.15, 0.2) is 0 Å². The highest BCUT2D eigenvalue weighted by molar-refractivity contribution is 7.89. The van der Waals surface area contributed by atoms with Crippen molar-refractivity contribution in [2.75, 3.05) is 19.7 Å². The van der Waals surface area contributed by atoms with Crippen molar-refractivity contribution in [1.29, 1.82) is 0 Å². The predicted molar refractivity (Wildman–Crippen MR) is 95.2 cm³/mol. The molecule has 0 spiro atoms. The van der Waals surface area contributed by atoms with Crippen LogP contribution in [0.15, 0.2) is 41.3 Å². The Morgan fingerprint density at radius 2 is 1.86 bits per heavy atom. The van der Waals surface area contributed by atoms with E-state index >= 15 is 0 Å². The van der Waals surface area contributed by atoms with Gasteiger partial charge in [-0.25, -0.2) is 8.42 Å². The summed E-state index contributed by atoms with van der Waals surface area (Å²) in [7, 11) is -3.97. The van der Waals surface area contributed by atoms with Gasteiger partial charge in [-0.05, 0) is 49.9 Å². The molecule has 1 aromatic heterocycles. The Morgan fingerprint density at radius 1 is 1.14 bits per heavy atom. The first kappa shape index (κ1) is 20.5. The molecule has 0 aliphatic carbocycles. The van der Waals surface area contributed by atoms with Crippen LogP contribution in [-0.4, -0.2) is 42.6 Å². The molecule has 1 fully saturated rings. The van der Waals surface area contributed by atoms with Crippen molar-refractivity contribution in [1.82, 2.24) is 14.5 Å². The molecule has 2 aromatic rings. The molecule has 0 N–H and O–H groups in total. The number of piperidine rings is 1. The summed E-state index contributed by atoms with van der Waals surface area (Å²) in [6.07, 6.45) is -3.48.